The molecule has 0 fully saturated rings. The van der Waals surface area contributed by atoms with E-state index in [0.717, 1.165) is 33.3 Å². The van der Waals surface area contributed by atoms with Gasteiger partial charge in [0, 0.05) is 43.7 Å². The van der Waals surface area contributed by atoms with Crippen LogP contribution in [0.4, 0.5) is 0 Å². The summed E-state index contributed by atoms with van der Waals surface area (Å²) in [6.45, 7) is 0. The zero-order valence-corrected chi connectivity index (χ0v) is 32.8. The van der Waals surface area contributed by atoms with Crippen LogP contribution in [0.1, 0.15) is 0 Å². The second-order valence-electron chi connectivity index (χ2n) is 15.8. The van der Waals surface area contributed by atoms with E-state index in [1.54, 1.807) is 0 Å². The first-order valence-corrected chi connectivity index (χ1v) is 20.3. The van der Waals surface area contributed by atoms with Crippen molar-refractivity contribution in [2.45, 2.75) is 0 Å². The molecule has 0 spiro atoms. The highest BCUT2D eigenvalue weighted by Gasteiger charge is 2.21. The summed E-state index contributed by atoms with van der Waals surface area (Å²) in [5.41, 5.74) is 18.8. The molecule has 0 aliphatic carbocycles. The number of aromatic nitrogens is 2. The number of furan rings is 1. The fourth-order valence-electron chi connectivity index (χ4n) is 9.78. The maximum absolute atomic E-state index is 6.21. The van der Waals surface area contributed by atoms with Gasteiger partial charge in [0.25, 0.3) is 0 Å². The molecule has 3 nitrogen and oxygen atoms in total. The number of hydrogen-bond acceptors (Lipinski definition) is 1. The van der Waals surface area contributed by atoms with Crippen molar-refractivity contribution in [3.8, 4) is 44.8 Å². The first-order chi connectivity index (χ1) is 29.1. The average molecular weight is 751 g/mol. The van der Waals surface area contributed by atoms with Crippen molar-refractivity contribution >= 4 is 92.2 Å². The van der Waals surface area contributed by atoms with Gasteiger partial charge in [-0.25, -0.2) is 0 Å². The molecule has 0 atom stereocenters. The van der Waals surface area contributed by atoms with Gasteiger partial charge in [-0.2, -0.15) is 0 Å². The summed E-state index contributed by atoms with van der Waals surface area (Å²) in [7, 11) is 4.59. The number of benzene rings is 9. The van der Waals surface area contributed by atoms with E-state index in [-0.39, 0.29) is 0 Å². The lowest BCUT2D eigenvalue weighted by Gasteiger charge is -2.15. The number of fused-ring (bicyclic) bond motifs is 9. The van der Waals surface area contributed by atoms with Gasteiger partial charge >= 0.3 is 0 Å². The molecule has 0 saturated carbocycles. The number of para-hydroxylation sites is 2. The molecule has 0 aliphatic rings. The van der Waals surface area contributed by atoms with Crippen LogP contribution in [0.15, 0.2) is 199 Å². The molecule has 0 radical (unpaired) electrons. The van der Waals surface area contributed by atoms with Crippen LogP contribution in [0.25, 0.3) is 110 Å². The van der Waals surface area contributed by atoms with E-state index < -0.39 is 0 Å². The van der Waals surface area contributed by atoms with Gasteiger partial charge in [0.05, 0.1) is 22.1 Å². The SMILES string of the molecule is Bc1cc2c(c(B)c1-c1ccc3c(c1)c1ccccc1n3-c1ccc3oc4ccccc4c3c1)c1ccc(-c3ccccc3)cc1n2-c1cccc(-c2ccccc2)c1. The van der Waals surface area contributed by atoms with Crippen molar-refractivity contribution in [3.05, 3.63) is 194 Å². The van der Waals surface area contributed by atoms with Gasteiger partial charge in [0.2, 0.25) is 0 Å². The molecule has 0 N–H and O–H groups in total. The van der Waals surface area contributed by atoms with E-state index in [0.29, 0.717) is 0 Å². The van der Waals surface area contributed by atoms with Gasteiger partial charge in [0.15, 0.2) is 0 Å². The van der Waals surface area contributed by atoms with Gasteiger partial charge in [-0.05, 0) is 100 Å². The Labute approximate surface area is 343 Å². The number of hydrogen-bond donors (Lipinski definition) is 0. The van der Waals surface area contributed by atoms with Crippen LogP contribution < -0.4 is 10.9 Å². The molecule has 3 heterocycles. The van der Waals surface area contributed by atoms with Crippen LogP contribution in [0.3, 0.4) is 0 Å². The van der Waals surface area contributed by atoms with Crippen LogP contribution in [-0.4, -0.2) is 24.8 Å². The van der Waals surface area contributed by atoms with Crippen LogP contribution in [0, 0.1) is 0 Å². The Balaban J connectivity index is 1.08. The standard InChI is InChI=1S/C54H36B2N2O/c55-45-32-49-53(42-25-22-36(34-14-5-2-6-15-34)30-48(42)58(49)38-17-11-16-35(28-38)33-12-3-1-4-13-33)54(56)52(45)37-23-26-47-43(29-37)40-18-7-9-20-46(40)57(47)39-24-27-51-44(31-39)41-19-8-10-21-50(41)59-51/h1-32H,55-56H2. The Morgan fingerprint density at radius 3 is 1.78 bits per heavy atom. The van der Waals surface area contributed by atoms with Crippen LogP contribution in [0.2, 0.25) is 0 Å². The molecule has 0 amide bonds. The minimum atomic E-state index is 0.904. The van der Waals surface area contributed by atoms with E-state index in [1.165, 1.54) is 87.9 Å². The molecule has 12 rings (SSSR count). The molecule has 9 aromatic carbocycles. The predicted molar refractivity (Wildman–Crippen MR) is 255 cm³/mol. The monoisotopic (exact) mass is 750 g/mol. The lowest BCUT2D eigenvalue weighted by atomic mass is 9.75. The van der Waals surface area contributed by atoms with E-state index in [2.05, 4.69) is 207 Å². The molecule has 3 aromatic heterocycles. The summed E-state index contributed by atoms with van der Waals surface area (Å²) < 4.78 is 11.1. The molecule has 12 aromatic rings. The van der Waals surface area contributed by atoms with E-state index in [4.69, 9.17) is 4.42 Å². The molecular formula is C54H36B2N2O. The van der Waals surface area contributed by atoms with Crippen molar-refractivity contribution in [1.82, 2.24) is 9.13 Å². The molecule has 0 bridgehead atoms. The zero-order chi connectivity index (χ0) is 39.2. The fourth-order valence-corrected chi connectivity index (χ4v) is 9.78. The van der Waals surface area contributed by atoms with E-state index in [9.17, 15) is 0 Å². The number of nitrogens with zero attached hydrogens (tertiary/aromatic N) is 2. The Bertz CT molecular complexity index is 3630. The maximum atomic E-state index is 6.21. The summed E-state index contributed by atoms with van der Waals surface area (Å²) in [4.78, 5) is 0. The fraction of sp³-hybridized carbons (Fsp3) is 0. The highest BCUT2D eigenvalue weighted by molar-refractivity contribution is 6.50. The third-order valence-corrected chi connectivity index (χ3v) is 12.4. The van der Waals surface area contributed by atoms with Crippen LogP contribution in [-0.2, 0) is 0 Å². The summed E-state index contributed by atoms with van der Waals surface area (Å²) in [5.74, 6) is 0. The van der Waals surface area contributed by atoms with E-state index in [1.807, 2.05) is 12.1 Å². The first kappa shape index (κ1) is 33.6. The normalized spacial score (nSPS) is 11.9. The van der Waals surface area contributed by atoms with Crippen LogP contribution >= 0.6 is 0 Å². The van der Waals surface area contributed by atoms with E-state index >= 15 is 0 Å². The highest BCUT2D eigenvalue weighted by Crippen LogP contribution is 2.39. The third-order valence-electron chi connectivity index (χ3n) is 12.4. The molecular weight excluding hydrogens is 714 g/mol. The second-order valence-corrected chi connectivity index (χ2v) is 15.8. The van der Waals surface area contributed by atoms with Crippen molar-refractivity contribution in [3.63, 3.8) is 0 Å². The zero-order valence-electron chi connectivity index (χ0n) is 32.8. The van der Waals surface area contributed by atoms with Gasteiger partial charge in [-0.3, -0.25) is 0 Å². The lowest BCUT2D eigenvalue weighted by molar-refractivity contribution is 0.669. The topological polar surface area (TPSA) is 23.0 Å². The van der Waals surface area contributed by atoms with Gasteiger partial charge in [-0.1, -0.05) is 138 Å². The average Bonchev–Trinajstić information content (AvgIpc) is 3.94. The first-order valence-electron chi connectivity index (χ1n) is 20.3. The van der Waals surface area contributed by atoms with Crippen LogP contribution in [0.5, 0.6) is 0 Å². The lowest BCUT2D eigenvalue weighted by Crippen LogP contribution is -2.20. The van der Waals surface area contributed by atoms with Crippen molar-refractivity contribution in [2.24, 2.45) is 0 Å². The van der Waals surface area contributed by atoms with Crippen molar-refractivity contribution in [2.75, 3.05) is 0 Å². The number of rotatable bonds is 5. The Morgan fingerprint density at radius 2 is 0.966 bits per heavy atom. The quantitative estimate of drug-likeness (QED) is 0.161. The minimum absolute atomic E-state index is 0.904. The summed E-state index contributed by atoms with van der Waals surface area (Å²) in [6.07, 6.45) is 0. The van der Waals surface area contributed by atoms with Crippen molar-refractivity contribution < 1.29 is 4.42 Å². The third kappa shape index (κ3) is 5.18. The smallest absolute Gasteiger partial charge is 0.141 e. The summed E-state index contributed by atoms with van der Waals surface area (Å²) in [5, 5.41) is 7.28. The van der Waals surface area contributed by atoms with Gasteiger partial charge in [0.1, 0.15) is 26.9 Å². The van der Waals surface area contributed by atoms with Gasteiger partial charge < -0.3 is 13.6 Å². The Hall–Kier alpha value is -7.49. The molecule has 0 saturated heterocycles. The maximum Gasteiger partial charge on any atom is 0.141 e. The molecule has 274 valence electrons. The van der Waals surface area contributed by atoms with Crippen molar-refractivity contribution in [1.29, 1.82) is 0 Å². The molecule has 59 heavy (non-hydrogen) atoms. The van der Waals surface area contributed by atoms with Gasteiger partial charge in [-0.15, -0.1) is 0 Å². The summed E-state index contributed by atoms with van der Waals surface area (Å²) in [6, 6.07) is 70.5. The largest absolute Gasteiger partial charge is 0.456 e. The second kappa shape index (κ2) is 13.0. The highest BCUT2D eigenvalue weighted by atomic mass is 16.3. The molecule has 0 unspecified atom stereocenters. The molecule has 0 aliphatic heterocycles. The molecule has 5 heteroatoms. The Kier molecular flexibility index (Phi) is 7.42. The predicted octanol–water partition coefficient (Wildman–Crippen LogP) is 11.3. The minimum Gasteiger partial charge on any atom is -0.456 e. The summed E-state index contributed by atoms with van der Waals surface area (Å²) >= 11 is 0. The Morgan fingerprint density at radius 1 is 0.339 bits per heavy atom.